The minimum atomic E-state index is -0.256. The molecule has 1 aromatic rings. The lowest BCUT2D eigenvalue weighted by Crippen LogP contribution is -2.12. The van der Waals surface area contributed by atoms with Crippen molar-refractivity contribution in [2.75, 3.05) is 7.11 Å². The molecule has 2 rings (SSSR count). The molecule has 62 valence electrons. The van der Waals surface area contributed by atoms with Gasteiger partial charge in [0.15, 0.2) is 1.41 Å². The Morgan fingerprint density at radius 2 is 2.50 bits per heavy atom. The lowest BCUT2D eigenvalue weighted by molar-refractivity contribution is 0.0966. The number of carbonyl (C=O) groups excluding carboxylic acids is 1. The molecule has 0 atom stereocenters. The van der Waals surface area contributed by atoms with E-state index in [2.05, 4.69) is 0 Å². The van der Waals surface area contributed by atoms with Gasteiger partial charge in [-0.25, -0.2) is 0 Å². The zero-order valence-electron chi connectivity index (χ0n) is 7.70. The summed E-state index contributed by atoms with van der Waals surface area (Å²) in [4.78, 5) is 11.3. The van der Waals surface area contributed by atoms with Crippen LogP contribution in [0.4, 0.5) is 0 Å². The van der Waals surface area contributed by atoms with Crippen LogP contribution in [0.1, 0.15) is 15.9 Å². The second-order valence-electron chi connectivity index (χ2n) is 2.61. The molecule has 1 aromatic carbocycles. The van der Waals surface area contributed by atoms with Crippen molar-refractivity contribution in [2.24, 2.45) is 0 Å². The lowest BCUT2D eigenvalue weighted by Gasteiger charge is -2.03. The van der Waals surface area contributed by atoms with Crippen LogP contribution in [-0.4, -0.2) is 13.0 Å². The summed E-state index contributed by atoms with van der Waals surface area (Å²) in [5.74, 6) is 0.425. The van der Waals surface area contributed by atoms with E-state index in [4.69, 9.17) is 6.15 Å². The van der Waals surface area contributed by atoms with Crippen LogP contribution in [0.2, 0.25) is 1.41 Å². The summed E-state index contributed by atoms with van der Waals surface area (Å²) >= 11 is 0. The standard InChI is InChI=1S/C9H9NO2/c1-12-8-4-2-3-6-7(8)5-10-9(6)11/h2-4H,5H2,1H3,(H,10,11)/i/hD. The van der Waals surface area contributed by atoms with Crippen molar-refractivity contribution in [2.45, 2.75) is 6.54 Å². The third kappa shape index (κ3) is 0.863. The number of benzene rings is 1. The summed E-state index contributed by atoms with van der Waals surface area (Å²) in [6.45, 7) is 0.318. The van der Waals surface area contributed by atoms with Gasteiger partial charge in [0.05, 0.1) is 7.11 Å². The van der Waals surface area contributed by atoms with E-state index in [1.807, 2.05) is 0 Å². The molecule has 0 fully saturated rings. The lowest BCUT2D eigenvalue weighted by atomic mass is 10.1. The van der Waals surface area contributed by atoms with E-state index in [9.17, 15) is 4.79 Å². The smallest absolute Gasteiger partial charge is 0.252 e. The molecule has 3 nitrogen and oxygen atoms in total. The third-order valence-corrected chi connectivity index (χ3v) is 1.96. The van der Waals surface area contributed by atoms with Gasteiger partial charge in [-0.2, -0.15) is 0 Å². The average Bonchev–Trinajstić information content (AvgIpc) is 2.43. The average molecular weight is 164 g/mol. The first kappa shape index (κ1) is 6.06. The van der Waals surface area contributed by atoms with Gasteiger partial charge >= 0.3 is 0 Å². The van der Waals surface area contributed by atoms with Gasteiger partial charge < -0.3 is 10.0 Å². The molecule has 0 spiro atoms. The molecule has 1 aliphatic heterocycles. The molecule has 0 aromatic heterocycles. The summed E-state index contributed by atoms with van der Waals surface area (Å²) in [5.41, 5.74) is 1.39. The van der Waals surface area contributed by atoms with Crippen LogP contribution in [-0.2, 0) is 6.54 Å². The molecule has 0 saturated carbocycles. The van der Waals surface area contributed by atoms with Gasteiger partial charge in [-0.1, -0.05) is 6.07 Å². The minimum absolute atomic E-state index is 0.256. The zero-order valence-corrected chi connectivity index (χ0v) is 6.70. The number of ether oxygens (including phenoxy) is 1. The van der Waals surface area contributed by atoms with Crippen molar-refractivity contribution in [3.8, 4) is 5.75 Å². The highest BCUT2D eigenvalue weighted by Gasteiger charge is 2.21. The highest BCUT2D eigenvalue weighted by atomic mass is 16.5. The van der Waals surface area contributed by atoms with E-state index in [0.29, 0.717) is 17.9 Å². The zero-order chi connectivity index (χ0) is 9.42. The SMILES string of the molecule is [2H]N1Cc2c(OC)cccc2C1=O. The highest BCUT2D eigenvalue weighted by molar-refractivity contribution is 5.99. The summed E-state index contributed by atoms with van der Waals surface area (Å²) in [6, 6.07) is 5.27. The Bertz CT molecular complexity index is 365. The van der Waals surface area contributed by atoms with Gasteiger partial charge in [-0.05, 0) is 12.1 Å². The summed E-state index contributed by atoms with van der Waals surface area (Å²) in [7, 11) is 1.56. The van der Waals surface area contributed by atoms with Gasteiger partial charge in [-0.3, -0.25) is 4.79 Å². The second kappa shape index (κ2) is 2.52. The number of methoxy groups -OCH3 is 1. The fourth-order valence-corrected chi connectivity index (χ4v) is 1.36. The highest BCUT2D eigenvalue weighted by Crippen LogP contribution is 2.25. The Kier molecular flexibility index (Phi) is 1.27. The largest absolute Gasteiger partial charge is 0.496 e. The van der Waals surface area contributed by atoms with E-state index in [0.717, 1.165) is 10.9 Å². The number of carbonyl (C=O) groups is 1. The van der Waals surface area contributed by atoms with E-state index in [1.165, 1.54) is 0 Å². The summed E-state index contributed by atoms with van der Waals surface area (Å²) in [5, 5.41) is 0.938. The van der Waals surface area contributed by atoms with E-state index in [-0.39, 0.29) is 5.91 Å². The quantitative estimate of drug-likeness (QED) is 0.670. The summed E-state index contributed by atoms with van der Waals surface area (Å²) in [6.07, 6.45) is 0. The van der Waals surface area contributed by atoms with Gasteiger partial charge in [0, 0.05) is 17.7 Å². The topological polar surface area (TPSA) is 38.3 Å². The molecule has 12 heavy (non-hydrogen) atoms. The molecular formula is C9H9NO2. The Hall–Kier alpha value is -1.51. The monoisotopic (exact) mass is 164 g/mol. The minimum Gasteiger partial charge on any atom is -0.496 e. The van der Waals surface area contributed by atoms with Gasteiger partial charge in [-0.15, -0.1) is 0 Å². The Morgan fingerprint density at radius 1 is 1.67 bits per heavy atom. The fraction of sp³-hybridized carbons (Fsp3) is 0.222. The number of nitrogens with one attached hydrogen (secondary N) is 1. The first-order valence-electron chi connectivity index (χ1n) is 4.15. The number of hydrogen-bond donors (Lipinski definition) is 1. The first-order chi connectivity index (χ1) is 6.24. The molecule has 1 heterocycles. The summed E-state index contributed by atoms with van der Waals surface area (Å²) < 4.78 is 12.4. The van der Waals surface area contributed by atoms with Crippen molar-refractivity contribution >= 4 is 5.91 Å². The molecule has 1 amide bonds. The fourth-order valence-electron chi connectivity index (χ4n) is 1.36. The van der Waals surface area contributed by atoms with Gasteiger partial charge in [0.1, 0.15) is 5.75 Å². The Balaban J connectivity index is 2.55. The van der Waals surface area contributed by atoms with Crippen molar-refractivity contribution < 1.29 is 10.9 Å². The van der Waals surface area contributed by atoms with Gasteiger partial charge in [0.25, 0.3) is 5.91 Å². The molecule has 3 heteroatoms. The van der Waals surface area contributed by atoms with E-state index in [1.54, 1.807) is 25.3 Å². The molecule has 0 aliphatic carbocycles. The van der Waals surface area contributed by atoms with Crippen LogP contribution < -0.4 is 10.0 Å². The molecular weight excluding hydrogens is 154 g/mol. The predicted molar refractivity (Wildman–Crippen MR) is 44.2 cm³/mol. The van der Waals surface area contributed by atoms with Crippen LogP contribution in [0.3, 0.4) is 0 Å². The van der Waals surface area contributed by atoms with Crippen molar-refractivity contribution in [3.05, 3.63) is 29.3 Å². The van der Waals surface area contributed by atoms with Crippen molar-refractivity contribution in [3.63, 3.8) is 0 Å². The second-order valence-corrected chi connectivity index (χ2v) is 2.61. The third-order valence-electron chi connectivity index (χ3n) is 1.96. The molecule has 0 unspecified atom stereocenters. The maximum Gasteiger partial charge on any atom is 0.252 e. The van der Waals surface area contributed by atoms with Crippen molar-refractivity contribution in [1.29, 1.82) is 0 Å². The Labute approximate surface area is 71.8 Å². The van der Waals surface area contributed by atoms with Crippen LogP contribution >= 0.6 is 0 Å². The number of hydrogen-bond acceptors (Lipinski definition) is 2. The van der Waals surface area contributed by atoms with Gasteiger partial charge in [0.2, 0.25) is 0 Å². The maximum atomic E-state index is 11.3. The molecule has 0 saturated heterocycles. The van der Waals surface area contributed by atoms with E-state index >= 15 is 0 Å². The number of fused-ring (bicyclic) bond motifs is 1. The van der Waals surface area contributed by atoms with Crippen LogP contribution in [0.15, 0.2) is 18.2 Å². The van der Waals surface area contributed by atoms with E-state index < -0.39 is 0 Å². The molecule has 0 radical (unpaired) electrons. The normalized spacial score (nSPS) is 15.9. The first-order valence-corrected chi connectivity index (χ1v) is 3.70. The van der Waals surface area contributed by atoms with Crippen molar-refractivity contribution in [1.82, 2.24) is 5.31 Å². The molecule has 0 bridgehead atoms. The van der Waals surface area contributed by atoms with Crippen LogP contribution in [0.25, 0.3) is 0 Å². The van der Waals surface area contributed by atoms with Crippen LogP contribution in [0, 0.1) is 0 Å². The van der Waals surface area contributed by atoms with Crippen LogP contribution in [0.5, 0.6) is 5.75 Å². The number of rotatable bonds is 1. The predicted octanol–water partition coefficient (Wildman–Crippen LogP) is 0.939. The maximum absolute atomic E-state index is 11.3. The Morgan fingerprint density at radius 3 is 3.25 bits per heavy atom. The number of amides is 1. The molecule has 1 N–H and O–H groups in total. The molecule has 1 aliphatic rings.